The standard InChI is InChI=1S/C9H20ClN2O5PS/c1-9-3-6-12(7-4-10)18(13,17-9)11-5-8-16-19(2,14)15/h9H,3-8H2,1-2H3,(H,11,13). The number of hydrogen-bond acceptors (Lipinski definition) is 5. The fraction of sp³-hybridized carbons (Fsp3) is 1.00. The Bertz CT molecular complexity index is 432. The van der Waals surface area contributed by atoms with Crippen LogP contribution in [0.1, 0.15) is 13.3 Å². The van der Waals surface area contributed by atoms with Crippen molar-refractivity contribution in [2.24, 2.45) is 0 Å². The molecule has 1 saturated heterocycles. The lowest BCUT2D eigenvalue weighted by atomic mass is 10.3. The molecule has 1 fully saturated rings. The van der Waals surface area contributed by atoms with Crippen molar-refractivity contribution in [3.05, 3.63) is 0 Å². The van der Waals surface area contributed by atoms with Crippen molar-refractivity contribution in [2.75, 3.05) is 38.4 Å². The van der Waals surface area contributed by atoms with Gasteiger partial charge in [0.15, 0.2) is 0 Å². The third-order valence-corrected chi connectivity index (χ3v) is 5.72. The maximum absolute atomic E-state index is 12.6. The Hall–Kier alpha value is 0.310. The van der Waals surface area contributed by atoms with E-state index in [4.69, 9.17) is 16.1 Å². The summed E-state index contributed by atoms with van der Waals surface area (Å²) in [6.45, 7) is 2.96. The van der Waals surface area contributed by atoms with Crippen LogP contribution in [0.2, 0.25) is 0 Å². The van der Waals surface area contributed by atoms with E-state index in [2.05, 4.69) is 9.27 Å². The van der Waals surface area contributed by atoms with Gasteiger partial charge < -0.3 is 4.52 Å². The minimum absolute atomic E-state index is 0.0880. The molecule has 1 heterocycles. The predicted octanol–water partition coefficient (Wildman–Crippen LogP) is 1.01. The highest BCUT2D eigenvalue weighted by Crippen LogP contribution is 2.50. The molecule has 19 heavy (non-hydrogen) atoms. The van der Waals surface area contributed by atoms with Crippen LogP contribution in [0.5, 0.6) is 0 Å². The quantitative estimate of drug-likeness (QED) is 0.322. The van der Waals surface area contributed by atoms with Gasteiger partial charge in [-0.2, -0.15) is 8.42 Å². The highest BCUT2D eigenvalue weighted by atomic mass is 35.5. The fourth-order valence-electron chi connectivity index (χ4n) is 1.68. The molecule has 0 aromatic rings. The summed E-state index contributed by atoms with van der Waals surface area (Å²) in [6.07, 6.45) is 1.64. The summed E-state index contributed by atoms with van der Waals surface area (Å²) in [6, 6.07) is 0. The first-order valence-corrected chi connectivity index (χ1v) is 9.89. The van der Waals surface area contributed by atoms with Crippen LogP contribution >= 0.6 is 19.3 Å². The van der Waals surface area contributed by atoms with Gasteiger partial charge in [-0.3, -0.25) is 8.75 Å². The summed E-state index contributed by atoms with van der Waals surface area (Å²) in [5, 5.41) is 2.75. The van der Waals surface area contributed by atoms with Crippen LogP contribution in [0.3, 0.4) is 0 Å². The van der Waals surface area contributed by atoms with Gasteiger partial charge in [0.1, 0.15) is 0 Å². The largest absolute Gasteiger partial charge is 0.343 e. The number of halogens is 1. The zero-order valence-corrected chi connectivity index (χ0v) is 13.5. The van der Waals surface area contributed by atoms with Crippen molar-refractivity contribution in [1.29, 1.82) is 0 Å². The molecule has 2 unspecified atom stereocenters. The van der Waals surface area contributed by atoms with E-state index in [9.17, 15) is 13.0 Å². The van der Waals surface area contributed by atoms with Gasteiger partial charge in [0.2, 0.25) is 0 Å². The second kappa shape index (κ2) is 7.36. The van der Waals surface area contributed by atoms with Gasteiger partial charge in [0.05, 0.1) is 19.0 Å². The summed E-state index contributed by atoms with van der Waals surface area (Å²) in [4.78, 5) is 0. The normalized spacial score (nSPS) is 29.5. The molecule has 0 radical (unpaired) electrons. The van der Waals surface area contributed by atoms with Gasteiger partial charge >= 0.3 is 7.67 Å². The smallest absolute Gasteiger partial charge is 0.303 e. The minimum atomic E-state index is -3.49. The highest BCUT2D eigenvalue weighted by Gasteiger charge is 2.37. The third-order valence-electron chi connectivity index (χ3n) is 2.54. The molecule has 0 aromatic carbocycles. The zero-order valence-electron chi connectivity index (χ0n) is 11.0. The highest BCUT2D eigenvalue weighted by molar-refractivity contribution is 7.85. The van der Waals surface area contributed by atoms with E-state index < -0.39 is 17.8 Å². The lowest BCUT2D eigenvalue weighted by Gasteiger charge is -2.37. The van der Waals surface area contributed by atoms with Gasteiger partial charge in [-0.25, -0.2) is 9.76 Å². The second-order valence-corrected chi connectivity index (χ2v) is 8.46. The monoisotopic (exact) mass is 334 g/mol. The van der Waals surface area contributed by atoms with Crippen LogP contribution in [-0.2, 0) is 23.4 Å². The molecule has 0 bridgehead atoms. The molecule has 114 valence electrons. The molecule has 0 aromatic heterocycles. The first kappa shape index (κ1) is 17.4. The molecule has 0 amide bonds. The Balaban J connectivity index is 2.52. The van der Waals surface area contributed by atoms with E-state index in [1.165, 1.54) is 0 Å². The maximum atomic E-state index is 12.6. The van der Waals surface area contributed by atoms with Crippen molar-refractivity contribution in [3.8, 4) is 0 Å². The van der Waals surface area contributed by atoms with Crippen LogP contribution in [0.25, 0.3) is 0 Å². The molecule has 2 atom stereocenters. The van der Waals surface area contributed by atoms with Gasteiger partial charge in [0, 0.05) is 25.5 Å². The minimum Gasteiger partial charge on any atom is -0.303 e. The van der Waals surface area contributed by atoms with E-state index in [-0.39, 0.29) is 19.3 Å². The first-order chi connectivity index (χ1) is 8.77. The number of hydrogen-bond donors (Lipinski definition) is 1. The van der Waals surface area contributed by atoms with Crippen molar-refractivity contribution in [2.45, 2.75) is 19.4 Å². The molecule has 1 N–H and O–H groups in total. The number of nitrogens with zero attached hydrogens (tertiary/aromatic N) is 1. The number of nitrogens with one attached hydrogen (secondary N) is 1. The lowest BCUT2D eigenvalue weighted by Crippen LogP contribution is -2.39. The zero-order chi connectivity index (χ0) is 14.5. The maximum Gasteiger partial charge on any atom is 0.343 e. The van der Waals surface area contributed by atoms with E-state index >= 15 is 0 Å². The van der Waals surface area contributed by atoms with Crippen molar-refractivity contribution >= 4 is 29.4 Å². The van der Waals surface area contributed by atoms with Crippen LogP contribution in [0.4, 0.5) is 0 Å². The SMILES string of the molecule is CC1CCN(CCCl)P(=O)(NCCOS(C)(=O)=O)O1. The summed E-state index contributed by atoms with van der Waals surface area (Å²) in [5.74, 6) is 0.350. The van der Waals surface area contributed by atoms with E-state index in [0.29, 0.717) is 19.0 Å². The number of rotatable bonds is 7. The molecule has 10 heteroatoms. The summed E-state index contributed by atoms with van der Waals surface area (Å²) < 4.78 is 45.9. The summed E-state index contributed by atoms with van der Waals surface area (Å²) in [7, 11) is -6.64. The van der Waals surface area contributed by atoms with Gasteiger partial charge in [-0.05, 0) is 13.3 Å². The van der Waals surface area contributed by atoms with Crippen molar-refractivity contribution in [3.63, 3.8) is 0 Å². The van der Waals surface area contributed by atoms with E-state index in [1.54, 1.807) is 4.67 Å². The van der Waals surface area contributed by atoms with E-state index in [0.717, 1.165) is 12.7 Å². The van der Waals surface area contributed by atoms with Crippen LogP contribution in [0.15, 0.2) is 0 Å². The van der Waals surface area contributed by atoms with Crippen molar-refractivity contribution < 1.29 is 21.7 Å². The molecule has 0 saturated carbocycles. The number of alkyl halides is 1. The van der Waals surface area contributed by atoms with Crippen molar-refractivity contribution in [1.82, 2.24) is 9.76 Å². The molecular formula is C9H20ClN2O5PS. The Morgan fingerprint density at radius 2 is 2.26 bits per heavy atom. The van der Waals surface area contributed by atoms with Gasteiger partial charge in [0.25, 0.3) is 10.1 Å². The average Bonchev–Trinajstić information content (AvgIpc) is 2.28. The van der Waals surface area contributed by atoms with E-state index in [1.807, 2.05) is 6.92 Å². The molecule has 7 nitrogen and oxygen atoms in total. The topological polar surface area (TPSA) is 84.9 Å². The van der Waals surface area contributed by atoms with Crippen LogP contribution in [0, 0.1) is 0 Å². The Morgan fingerprint density at radius 1 is 1.58 bits per heavy atom. The molecule has 0 spiro atoms. The third kappa shape index (κ3) is 6.08. The van der Waals surface area contributed by atoms with Gasteiger partial charge in [-0.1, -0.05) is 0 Å². The fourth-order valence-corrected chi connectivity index (χ4v) is 4.51. The average molecular weight is 335 g/mol. The van der Waals surface area contributed by atoms with Crippen LogP contribution < -0.4 is 5.09 Å². The second-order valence-electron chi connectivity index (χ2n) is 4.30. The molecular weight excluding hydrogens is 315 g/mol. The lowest BCUT2D eigenvalue weighted by molar-refractivity contribution is 0.135. The van der Waals surface area contributed by atoms with Gasteiger partial charge in [-0.15, -0.1) is 11.6 Å². The Labute approximate surface area is 119 Å². The molecule has 1 rings (SSSR count). The predicted molar refractivity (Wildman–Crippen MR) is 73.9 cm³/mol. The Kier molecular flexibility index (Phi) is 6.72. The van der Waals surface area contributed by atoms with Crippen LogP contribution in [-0.4, -0.2) is 57.6 Å². The molecule has 1 aliphatic heterocycles. The molecule has 0 aliphatic carbocycles. The first-order valence-electron chi connectivity index (χ1n) is 5.96. The molecule has 1 aliphatic rings. The Morgan fingerprint density at radius 3 is 2.84 bits per heavy atom. The summed E-state index contributed by atoms with van der Waals surface area (Å²) >= 11 is 5.67. The summed E-state index contributed by atoms with van der Waals surface area (Å²) in [5.41, 5.74) is 0.